The van der Waals surface area contributed by atoms with Crippen LogP contribution >= 0.6 is 11.6 Å². The van der Waals surface area contributed by atoms with E-state index >= 15 is 0 Å². The second-order valence-corrected chi connectivity index (χ2v) is 9.88. The van der Waals surface area contributed by atoms with Crippen molar-refractivity contribution in [3.05, 3.63) is 86.1 Å². The maximum atomic E-state index is 10.3. The van der Waals surface area contributed by atoms with Crippen LogP contribution < -0.4 is 10.5 Å². The molecule has 5 nitrogen and oxygen atoms in total. The normalized spacial score (nSPS) is 20.7. The molecule has 2 N–H and O–H groups in total. The van der Waals surface area contributed by atoms with E-state index < -0.39 is 11.3 Å². The summed E-state index contributed by atoms with van der Waals surface area (Å²) < 4.78 is 6.13. The standard InChI is InChI=1S/C29H27ClN4O/c1-17-10-18(2)24(12-20(17)14-35-26-9-8-21(30)11-19(26)3)27-23-7-5-4-6-22(23)25(13-31)28(34)29(27,15-32)16-33/h6,8-12,23,27H,4-5,7,14,34H2,1-3H3/t23-,27-/m1/s1. The van der Waals surface area contributed by atoms with Crippen LogP contribution in [0.5, 0.6) is 5.75 Å². The van der Waals surface area contributed by atoms with E-state index in [0.717, 1.165) is 58.4 Å². The zero-order valence-corrected chi connectivity index (χ0v) is 20.9. The molecule has 0 saturated carbocycles. The van der Waals surface area contributed by atoms with E-state index in [2.05, 4.69) is 36.4 Å². The van der Waals surface area contributed by atoms with Crippen LogP contribution in [0.1, 0.15) is 53.0 Å². The van der Waals surface area contributed by atoms with Gasteiger partial charge in [0.15, 0.2) is 5.41 Å². The first-order chi connectivity index (χ1) is 16.8. The molecule has 2 atom stereocenters. The minimum atomic E-state index is -1.62. The average Bonchev–Trinajstić information content (AvgIpc) is 2.84. The van der Waals surface area contributed by atoms with Crippen molar-refractivity contribution in [2.24, 2.45) is 17.1 Å². The van der Waals surface area contributed by atoms with Crippen molar-refractivity contribution in [2.75, 3.05) is 0 Å². The number of rotatable bonds is 4. The Kier molecular flexibility index (Phi) is 6.62. The van der Waals surface area contributed by atoms with Crippen molar-refractivity contribution in [3.8, 4) is 24.0 Å². The smallest absolute Gasteiger partial charge is 0.191 e. The van der Waals surface area contributed by atoms with Crippen LogP contribution in [0.4, 0.5) is 0 Å². The minimum absolute atomic E-state index is 0.0639. The van der Waals surface area contributed by atoms with Crippen molar-refractivity contribution < 1.29 is 4.74 Å². The maximum Gasteiger partial charge on any atom is 0.191 e. The summed E-state index contributed by atoms with van der Waals surface area (Å²) in [6.07, 6.45) is 4.65. The summed E-state index contributed by atoms with van der Waals surface area (Å²) in [6, 6.07) is 16.3. The van der Waals surface area contributed by atoms with Crippen LogP contribution in [0, 0.1) is 66.1 Å². The zero-order chi connectivity index (χ0) is 25.3. The van der Waals surface area contributed by atoms with E-state index in [-0.39, 0.29) is 11.6 Å². The summed E-state index contributed by atoms with van der Waals surface area (Å²) in [4.78, 5) is 0. The van der Waals surface area contributed by atoms with Crippen molar-refractivity contribution >= 4 is 11.6 Å². The van der Waals surface area contributed by atoms with Gasteiger partial charge in [-0.3, -0.25) is 0 Å². The molecule has 0 fully saturated rings. The Labute approximate surface area is 211 Å². The summed E-state index contributed by atoms with van der Waals surface area (Å²) >= 11 is 6.08. The molecule has 0 amide bonds. The third kappa shape index (κ3) is 4.05. The highest BCUT2D eigenvalue weighted by Crippen LogP contribution is 2.56. The van der Waals surface area contributed by atoms with Crippen LogP contribution in [0.25, 0.3) is 0 Å². The van der Waals surface area contributed by atoms with Crippen LogP contribution in [-0.4, -0.2) is 0 Å². The second-order valence-electron chi connectivity index (χ2n) is 9.44. The van der Waals surface area contributed by atoms with Gasteiger partial charge in [0.1, 0.15) is 18.4 Å². The van der Waals surface area contributed by atoms with E-state index in [0.29, 0.717) is 17.2 Å². The highest BCUT2D eigenvalue weighted by atomic mass is 35.5. The lowest BCUT2D eigenvalue weighted by Gasteiger charge is -2.44. The summed E-state index contributed by atoms with van der Waals surface area (Å²) in [5, 5.41) is 31.1. The van der Waals surface area contributed by atoms with Gasteiger partial charge in [0.25, 0.3) is 0 Å². The molecule has 0 bridgehead atoms. The van der Waals surface area contributed by atoms with Crippen LogP contribution in [0.3, 0.4) is 0 Å². The SMILES string of the molecule is Cc1cc(C)c([C@H]2[C@@H]3CCCC=C3C(C#N)=C(N)C2(C#N)C#N)cc1COc1ccc(Cl)cc1C. The highest BCUT2D eigenvalue weighted by molar-refractivity contribution is 6.30. The molecular weight excluding hydrogens is 456 g/mol. The van der Waals surface area contributed by atoms with Crippen molar-refractivity contribution in [2.45, 2.75) is 52.6 Å². The lowest BCUT2D eigenvalue weighted by Crippen LogP contribution is -2.43. The number of aryl methyl sites for hydroxylation is 3. The lowest BCUT2D eigenvalue weighted by molar-refractivity contribution is 0.300. The molecule has 0 saturated heterocycles. The Morgan fingerprint density at radius 2 is 1.80 bits per heavy atom. The topological polar surface area (TPSA) is 107 Å². The first-order valence-corrected chi connectivity index (χ1v) is 12.1. The first kappa shape index (κ1) is 24.4. The fourth-order valence-corrected chi connectivity index (χ4v) is 5.78. The molecular formula is C29H27ClN4O. The van der Waals surface area contributed by atoms with Crippen LogP contribution in [0.15, 0.2) is 53.3 Å². The molecule has 0 radical (unpaired) electrons. The molecule has 35 heavy (non-hydrogen) atoms. The van der Waals surface area contributed by atoms with Gasteiger partial charge in [-0.2, -0.15) is 15.8 Å². The van der Waals surface area contributed by atoms with Crippen molar-refractivity contribution in [1.82, 2.24) is 0 Å². The predicted octanol–water partition coefficient (Wildman–Crippen LogP) is 6.44. The molecule has 0 heterocycles. The van der Waals surface area contributed by atoms with E-state index in [9.17, 15) is 15.8 Å². The second kappa shape index (κ2) is 9.50. The number of hydrogen-bond donors (Lipinski definition) is 1. The molecule has 6 heteroatoms. The molecule has 2 aromatic rings. The third-order valence-electron chi connectivity index (χ3n) is 7.38. The van der Waals surface area contributed by atoms with Gasteiger partial charge in [-0.15, -0.1) is 0 Å². The summed E-state index contributed by atoms with van der Waals surface area (Å²) in [5.41, 5.74) is 10.9. The number of nitriles is 3. The van der Waals surface area contributed by atoms with Crippen molar-refractivity contribution in [1.29, 1.82) is 15.8 Å². The molecule has 0 aromatic heterocycles. The van der Waals surface area contributed by atoms with Gasteiger partial charge in [-0.1, -0.05) is 29.8 Å². The van der Waals surface area contributed by atoms with Gasteiger partial charge < -0.3 is 10.5 Å². The Morgan fingerprint density at radius 1 is 1.06 bits per heavy atom. The van der Waals surface area contributed by atoms with Gasteiger partial charge >= 0.3 is 0 Å². The van der Waals surface area contributed by atoms with Crippen LogP contribution in [0.2, 0.25) is 5.02 Å². The monoisotopic (exact) mass is 482 g/mol. The molecule has 0 unspecified atom stereocenters. The number of benzene rings is 2. The average molecular weight is 483 g/mol. The van der Waals surface area contributed by atoms with E-state index in [1.165, 1.54) is 0 Å². The first-order valence-electron chi connectivity index (χ1n) is 11.7. The number of hydrogen-bond acceptors (Lipinski definition) is 5. The van der Waals surface area contributed by atoms with E-state index in [1.54, 1.807) is 6.07 Å². The number of ether oxygens (including phenoxy) is 1. The van der Waals surface area contributed by atoms with E-state index in [1.807, 2.05) is 32.9 Å². The van der Waals surface area contributed by atoms with Crippen molar-refractivity contribution in [3.63, 3.8) is 0 Å². The fourth-order valence-electron chi connectivity index (χ4n) is 5.55. The Balaban J connectivity index is 1.83. The number of nitrogens with zero attached hydrogens (tertiary/aromatic N) is 3. The Bertz CT molecular complexity index is 1370. The molecule has 2 aliphatic carbocycles. The molecule has 176 valence electrons. The van der Waals surface area contributed by atoms with Crippen LogP contribution in [-0.2, 0) is 6.61 Å². The van der Waals surface area contributed by atoms with Gasteiger partial charge in [0.05, 0.1) is 23.4 Å². The largest absolute Gasteiger partial charge is 0.489 e. The minimum Gasteiger partial charge on any atom is -0.489 e. The maximum absolute atomic E-state index is 10.3. The quantitative estimate of drug-likeness (QED) is 0.539. The fraction of sp³-hybridized carbons (Fsp3) is 0.345. The lowest BCUT2D eigenvalue weighted by atomic mass is 9.56. The van der Waals surface area contributed by atoms with Gasteiger partial charge in [-0.05, 0) is 97.5 Å². The third-order valence-corrected chi connectivity index (χ3v) is 7.61. The number of nitrogens with two attached hydrogens (primary N) is 1. The molecule has 4 rings (SSSR count). The molecule has 2 aliphatic rings. The number of fused-ring (bicyclic) bond motifs is 1. The van der Waals surface area contributed by atoms with Gasteiger partial charge in [0, 0.05) is 10.9 Å². The zero-order valence-electron chi connectivity index (χ0n) is 20.2. The van der Waals surface area contributed by atoms with Gasteiger partial charge in [-0.25, -0.2) is 0 Å². The summed E-state index contributed by atoms with van der Waals surface area (Å²) in [7, 11) is 0. The predicted molar refractivity (Wildman–Crippen MR) is 135 cm³/mol. The Morgan fingerprint density at radius 3 is 2.46 bits per heavy atom. The molecule has 0 aliphatic heterocycles. The molecule has 2 aromatic carbocycles. The molecule has 0 spiro atoms. The number of halogens is 1. The number of allylic oxidation sites excluding steroid dienone is 4. The Hall–Kier alpha value is -3.72. The van der Waals surface area contributed by atoms with E-state index in [4.69, 9.17) is 22.1 Å². The van der Waals surface area contributed by atoms with Gasteiger partial charge in [0.2, 0.25) is 0 Å². The highest BCUT2D eigenvalue weighted by Gasteiger charge is 2.54. The summed E-state index contributed by atoms with van der Waals surface area (Å²) in [5.74, 6) is 0.150. The summed E-state index contributed by atoms with van der Waals surface area (Å²) in [6.45, 7) is 6.31.